The van der Waals surface area contributed by atoms with Gasteiger partial charge in [-0.15, -0.1) is 0 Å². The van der Waals surface area contributed by atoms with E-state index in [1.54, 1.807) is 37.7 Å². The van der Waals surface area contributed by atoms with E-state index in [2.05, 4.69) is 58.4 Å². The van der Waals surface area contributed by atoms with Crippen LogP contribution in [-0.2, 0) is 4.74 Å². The van der Waals surface area contributed by atoms with Crippen LogP contribution < -0.4 is 19.2 Å². The first-order chi connectivity index (χ1) is 20.4. The summed E-state index contributed by atoms with van der Waals surface area (Å²) in [4.78, 5) is 32.6. The molecule has 0 saturated heterocycles. The molecule has 1 aliphatic heterocycles. The van der Waals surface area contributed by atoms with Gasteiger partial charge in [-0.25, -0.2) is 9.78 Å². The van der Waals surface area contributed by atoms with E-state index in [0.717, 1.165) is 11.1 Å². The van der Waals surface area contributed by atoms with Gasteiger partial charge in [0.05, 0.1) is 38.1 Å². The Hall–Kier alpha value is -3.83. The van der Waals surface area contributed by atoms with Crippen LogP contribution in [0.3, 0.4) is 0 Å². The summed E-state index contributed by atoms with van der Waals surface area (Å²) in [6.45, 7) is 16.4. The number of aliphatic hydroxyl groups excluding tert-OH is 1. The molecule has 0 aliphatic carbocycles. The maximum absolute atomic E-state index is 14.1. The molecule has 1 aromatic carbocycles. The SMILES string of the molecule is C=CCOC(=O)Nc1cc(O[Si](C(C)C)(C(C)C)C(C)C)c(OC)cc1C(=O)N1C=C(c2ccc(OC)nc2)C[C@H]1CO. The molecule has 0 unspecified atom stereocenters. The molecular formula is C32H45N3O7Si. The van der Waals surface area contributed by atoms with Gasteiger partial charge in [-0.05, 0) is 46.3 Å². The quantitative estimate of drug-likeness (QED) is 0.191. The molecule has 0 fully saturated rings. The van der Waals surface area contributed by atoms with Gasteiger partial charge in [0.2, 0.25) is 5.88 Å². The minimum absolute atomic E-state index is 0.000591. The molecule has 1 aromatic heterocycles. The highest BCUT2D eigenvalue weighted by Gasteiger charge is 2.47. The Labute approximate surface area is 255 Å². The largest absolute Gasteiger partial charge is 0.540 e. The van der Waals surface area contributed by atoms with Crippen LogP contribution in [0.15, 0.2) is 49.3 Å². The number of carbonyl (C=O) groups excluding carboxylic acids is 2. The van der Waals surface area contributed by atoms with Crippen molar-refractivity contribution in [1.82, 2.24) is 9.88 Å². The average Bonchev–Trinajstić information content (AvgIpc) is 3.42. The fraction of sp³-hybridized carbons (Fsp3) is 0.469. The summed E-state index contributed by atoms with van der Waals surface area (Å²) >= 11 is 0. The van der Waals surface area contributed by atoms with Crippen molar-refractivity contribution in [3.8, 4) is 17.4 Å². The van der Waals surface area contributed by atoms with Gasteiger partial charge < -0.3 is 28.6 Å². The number of hydrogen-bond donors (Lipinski definition) is 2. The Morgan fingerprint density at radius 3 is 2.28 bits per heavy atom. The number of benzene rings is 1. The number of anilines is 1. The molecule has 0 radical (unpaired) electrons. The second-order valence-corrected chi connectivity index (χ2v) is 16.9. The first kappa shape index (κ1) is 33.7. The van der Waals surface area contributed by atoms with Gasteiger partial charge in [-0.3, -0.25) is 10.1 Å². The molecule has 11 heteroatoms. The van der Waals surface area contributed by atoms with Crippen molar-refractivity contribution in [2.75, 3.05) is 32.8 Å². The van der Waals surface area contributed by atoms with Gasteiger partial charge in [0.25, 0.3) is 14.2 Å². The number of aromatic nitrogens is 1. The third-order valence-corrected chi connectivity index (χ3v) is 14.0. The second-order valence-electron chi connectivity index (χ2n) is 11.5. The Bertz CT molecular complexity index is 1300. The lowest BCUT2D eigenvalue weighted by molar-refractivity contribution is 0.0733. The summed E-state index contributed by atoms with van der Waals surface area (Å²) in [5, 5.41) is 12.9. The fourth-order valence-corrected chi connectivity index (χ4v) is 11.2. The van der Waals surface area contributed by atoms with E-state index < -0.39 is 26.4 Å². The smallest absolute Gasteiger partial charge is 0.411 e. The number of hydrogen-bond acceptors (Lipinski definition) is 8. The Balaban J connectivity index is 2.12. The lowest BCUT2D eigenvalue weighted by atomic mass is 10.0. The molecular weight excluding hydrogens is 566 g/mol. The van der Waals surface area contributed by atoms with Crippen LogP contribution in [0.25, 0.3) is 5.57 Å². The zero-order valence-electron chi connectivity index (χ0n) is 26.5. The van der Waals surface area contributed by atoms with Crippen molar-refractivity contribution in [2.24, 2.45) is 0 Å². The minimum atomic E-state index is -2.43. The van der Waals surface area contributed by atoms with Crippen LogP contribution in [0.2, 0.25) is 16.6 Å². The minimum Gasteiger partial charge on any atom is -0.540 e. The molecule has 0 saturated carbocycles. The second kappa shape index (κ2) is 14.6. The van der Waals surface area contributed by atoms with Crippen molar-refractivity contribution in [3.05, 3.63) is 60.4 Å². The molecule has 2 amide bonds. The molecule has 0 bridgehead atoms. The first-order valence-corrected chi connectivity index (χ1v) is 16.7. The topological polar surface area (TPSA) is 119 Å². The predicted octanol–water partition coefficient (Wildman–Crippen LogP) is 6.64. The molecule has 1 aliphatic rings. The Kier molecular flexibility index (Phi) is 11.4. The van der Waals surface area contributed by atoms with Crippen LogP contribution in [-0.4, -0.2) is 68.8 Å². The van der Waals surface area contributed by atoms with Crippen LogP contribution in [0, 0.1) is 0 Å². The van der Waals surface area contributed by atoms with Crippen molar-refractivity contribution >= 4 is 31.6 Å². The third-order valence-electron chi connectivity index (χ3n) is 8.00. The van der Waals surface area contributed by atoms with E-state index in [1.165, 1.54) is 18.1 Å². The molecule has 0 spiro atoms. The number of rotatable bonds is 13. The Morgan fingerprint density at radius 1 is 1.09 bits per heavy atom. The van der Waals surface area contributed by atoms with Gasteiger partial charge in [-0.1, -0.05) is 54.2 Å². The summed E-state index contributed by atoms with van der Waals surface area (Å²) in [7, 11) is 0.631. The zero-order valence-corrected chi connectivity index (χ0v) is 27.5. The first-order valence-electron chi connectivity index (χ1n) is 14.5. The van der Waals surface area contributed by atoms with Crippen LogP contribution in [0.5, 0.6) is 17.4 Å². The van der Waals surface area contributed by atoms with Gasteiger partial charge in [0, 0.05) is 24.5 Å². The maximum Gasteiger partial charge on any atom is 0.411 e. The summed E-state index contributed by atoms with van der Waals surface area (Å²) in [6.07, 6.45) is 4.50. The molecule has 3 rings (SSSR count). The van der Waals surface area contributed by atoms with Crippen LogP contribution in [0.4, 0.5) is 10.5 Å². The zero-order chi connectivity index (χ0) is 31.9. The van der Waals surface area contributed by atoms with Crippen molar-refractivity contribution in [1.29, 1.82) is 0 Å². The summed E-state index contributed by atoms with van der Waals surface area (Å²) in [5.41, 5.74) is 2.83. The van der Waals surface area contributed by atoms with E-state index in [0.29, 0.717) is 23.8 Å². The van der Waals surface area contributed by atoms with Crippen molar-refractivity contribution < 1.29 is 33.3 Å². The van der Waals surface area contributed by atoms with Crippen LogP contribution >= 0.6 is 0 Å². The molecule has 234 valence electrons. The van der Waals surface area contributed by atoms with E-state index in [1.807, 2.05) is 6.07 Å². The predicted molar refractivity (Wildman–Crippen MR) is 170 cm³/mol. The van der Waals surface area contributed by atoms with E-state index in [-0.39, 0.29) is 41.1 Å². The third kappa shape index (κ3) is 7.22. The highest BCUT2D eigenvalue weighted by atomic mass is 28.4. The summed E-state index contributed by atoms with van der Waals surface area (Å²) in [6, 6.07) is 6.29. The number of aliphatic hydroxyl groups is 1. The monoisotopic (exact) mass is 611 g/mol. The standard InChI is InChI=1S/C32H45N3O7Si/c1-10-13-41-32(38)34-27-16-29(42-43(20(2)3,21(4)5)22(6)7)28(39-8)15-26(27)31(37)35-18-24(14-25(35)19-36)23-11-12-30(40-9)33-17-23/h10-12,15-18,20-22,25,36H,1,13-14,19H2,2-9H3,(H,34,38)/t25-/m0/s1. The normalized spacial score (nSPS) is 15.0. The fourth-order valence-electron chi connectivity index (χ4n) is 5.98. The molecule has 2 N–H and O–H groups in total. The van der Waals surface area contributed by atoms with Gasteiger partial charge >= 0.3 is 6.09 Å². The molecule has 43 heavy (non-hydrogen) atoms. The van der Waals surface area contributed by atoms with Gasteiger partial charge in [0.1, 0.15) is 12.4 Å². The van der Waals surface area contributed by atoms with E-state index >= 15 is 0 Å². The summed E-state index contributed by atoms with van der Waals surface area (Å²) in [5.74, 6) is 0.860. The average molecular weight is 612 g/mol. The number of pyridine rings is 1. The molecule has 1 atom stereocenters. The lowest BCUT2D eigenvalue weighted by Gasteiger charge is -2.42. The number of nitrogens with zero attached hydrogens (tertiary/aromatic N) is 2. The number of nitrogens with one attached hydrogen (secondary N) is 1. The highest BCUT2D eigenvalue weighted by Crippen LogP contribution is 2.46. The lowest BCUT2D eigenvalue weighted by Crippen LogP contribution is -2.50. The number of ether oxygens (including phenoxy) is 3. The van der Waals surface area contributed by atoms with Gasteiger partial charge in [0.15, 0.2) is 5.75 Å². The molecule has 2 aromatic rings. The Morgan fingerprint density at radius 2 is 1.77 bits per heavy atom. The number of carbonyl (C=O) groups is 2. The van der Waals surface area contributed by atoms with Crippen molar-refractivity contribution in [2.45, 2.75) is 70.6 Å². The van der Waals surface area contributed by atoms with E-state index in [4.69, 9.17) is 18.6 Å². The molecule has 10 nitrogen and oxygen atoms in total. The number of amides is 2. The van der Waals surface area contributed by atoms with Gasteiger partial charge in [-0.2, -0.15) is 0 Å². The van der Waals surface area contributed by atoms with Crippen LogP contribution in [0.1, 0.15) is 63.9 Å². The molecule has 2 heterocycles. The summed E-state index contributed by atoms with van der Waals surface area (Å²) < 4.78 is 23.0. The van der Waals surface area contributed by atoms with E-state index in [9.17, 15) is 14.7 Å². The van der Waals surface area contributed by atoms with Crippen molar-refractivity contribution in [3.63, 3.8) is 0 Å². The number of methoxy groups -OCH3 is 2. The maximum atomic E-state index is 14.1. The highest BCUT2D eigenvalue weighted by molar-refractivity contribution is 6.78.